The number of rotatable bonds is 6. The number of esters is 1. The van der Waals surface area contributed by atoms with E-state index in [-0.39, 0.29) is 12.0 Å². The van der Waals surface area contributed by atoms with Crippen LogP contribution in [-0.4, -0.2) is 25.2 Å². The Labute approximate surface area is 102 Å². The smallest absolute Gasteiger partial charge is 0.338 e. The molecular weight excluding hydrogens is 216 g/mol. The molecule has 0 amide bonds. The number of hydrogen-bond acceptors (Lipinski definition) is 4. The number of carbonyl (C=O) groups is 1. The van der Waals surface area contributed by atoms with Gasteiger partial charge in [0.15, 0.2) is 0 Å². The molecule has 0 aliphatic rings. The average Bonchev–Trinajstić information content (AvgIpc) is 2.36. The Morgan fingerprint density at radius 2 is 2.06 bits per heavy atom. The monoisotopic (exact) mass is 236 g/mol. The minimum Gasteiger partial charge on any atom is -0.462 e. The van der Waals surface area contributed by atoms with Crippen molar-refractivity contribution in [2.45, 2.75) is 26.3 Å². The van der Waals surface area contributed by atoms with E-state index in [1.54, 1.807) is 12.1 Å². The molecule has 1 unspecified atom stereocenters. The van der Waals surface area contributed by atoms with Gasteiger partial charge >= 0.3 is 5.97 Å². The van der Waals surface area contributed by atoms with Gasteiger partial charge in [-0.25, -0.2) is 4.79 Å². The standard InChI is InChI=1S/C13H20N2O2/c1-3-8-17-13(16)11-4-6-12(7-5-11)15-10(2)9-14/h4-7,10,15H,3,8-9,14H2,1-2H3. The first kappa shape index (κ1) is 13.5. The van der Waals surface area contributed by atoms with Crippen molar-refractivity contribution < 1.29 is 9.53 Å². The van der Waals surface area contributed by atoms with E-state index in [4.69, 9.17) is 10.5 Å². The highest BCUT2D eigenvalue weighted by Gasteiger charge is 2.06. The van der Waals surface area contributed by atoms with E-state index >= 15 is 0 Å². The zero-order valence-corrected chi connectivity index (χ0v) is 10.4. The molecule has 1 aromatic rings. The fraction of sp³-hybridized carbons (Fsp3) is 0.462. The van der Waals surface area contributed by atoms with Crippen LogP contribution >= 0.6 is 0 Å². The lowest BCUT2D eigenvalue weighted by molar-refractivity contribution is 0.0505. The van der Waals surface area contributed by atoms with Crippen molar-refractivity contribution in [1.82, 2.24) is 0 Å². The maximum atomic E-state index is 11.5. The molecule has 94 valence electrons. The van der Waals surface area contributed by atoms with Crippen LogP contribution in [0.25, 0.3) is 0 Å². The predicted molar refractivity (Wildman–Crippen MR) is 69.2 cm³/mol. The summed E-state index contributed by atoms with van der Waals surface area (Å²) in [7, 11) is 0. The van der Waals surface area contributed by atoms with Gasteiger partial charge in [-0.3, -0.25) is 0 Å². The van der Waals surface area contributed by atoms with Crippen LogP contribution in [0.15, 0.2) is 24.3 Å². The Hall–Kier alpha value is -1.55. The number of benzene rings is 1. The molecule has 0 saturated carbocycles. The molecule has 0 spiro atoms. The molecule has 0 radical (unpaired) electrons. The summed E-state index contributed by atoms with van der Waals surface area (Å²) in [6.07, 6.45) is 0.833. The third-order valence-electron chi connectivity index (χ3n) is 2.32. The van der Waals surface area contributed by atoms with Gasteiger partial charge < -0.3 is 15.8 Å². The molecule has 0 bridgehead atoms. The molecule has 1 atom stereocenters. The summed E-state index contributed by atoms with van der Waals surface area (Å²) in [5.74, 6) is -0.273. The normalized spacial score (nSPS) is 11.9. The summed E-state index contributed by atoms with van der Waals surface area (Å²) >= 11 is 0. The highest BCUT2D eigenvalue weighted by molar-refractivity contribution is 5.89. The Morgan fingerprint density at radius 1 is 1.41 bits per heavy atom. The molecule has 17 heavy (non-hydrogen) atoms. The topological polar surface area (TPSA) is 64.3 Å². The van der Waals surface area contributed by atoms with Gasteiger partial charge in [0.25, 0.3) is 0 Å². The fourth-order valence-corrected chi connectivity index (χ4v) is 1.32. The molecule has 0 heterocycles. The van der Waals surface area contributed by atoms with Gasteiger partial charge in [0, 0.05) is 18.3 Å². The number of nitrogens with one attached hydrogen (secondary N) is 1. The second-order valence-corrected chi connectivity index (χ2v) is 3.99. The lowest BCUT2D eigenvalue weighted by Crippen LogP contribution is -2.25. The van der Waals surface area contributed by atoms with Gasteiger partial charge in [-0.15, -0.1) is 0 Å². The number of anilines is 1. The van der Waals surface area contributed by atoms with Crippen molar-refractivity contribution in [3.63, 3.8) is 0 Å². The zero-order chi connectivity index (χ0) is 12.7. The van der Waals surface area contributed by atoms with E-state index in [1.165, 1.54) is 0 Å². The van der Waals surface area contributed by atoms with Crippen molar-refractivity contribution in [2.75, 3.05) is 18.5 Å². The van der Waals surface area contributed by atoms with Gasteiger partial charge in [-0.2, -0.15) is 0 Å². The lowest BCUT2D eigenvalue weighted by atomic mass is 10.2. The van der Waals surface area contributed by atoms with Gasteiger partial charge in [-0.05, 0) is 37.6 Å². The van der Waals surface area contributed by atoms with E-state index in [1.807, 2.05) is 26.0 Å². The van der Waals surface area contributed by atoms with Crippen molar-refractivity contribution in [3.8, 4) is 0 Å². The molecule has 0 aromatic heterocycles. The molecule has 0 aliphatic heterocycles. The van der Waals surface area contributed by atoms with E-state index in [2.05, 4.69) is 5.32 Å². The van der Waals surface area contributed by atoms with Crippen LogP contribution in [-0.2, 0) is 4.74 Å². The third kappa shape index (κ3) is 4.44. The van der Waals surface area contributed by atoms with E-state index in [0.29, 0.717) is 18.7 Å². The van der Waals surface area contributed by atoms with Crippen LogP contribution in [0.2, 0.25) is 0 Å². The van der Waals surface area contributed by atoms with Crippen molar-refractivity contribution >= 4 is 11.7 Å². The summed E-state index contributed by atoms with van der Waals surface area (Å²) in [6.45, 7) is 5.00. The molecule has 0 saturated heterocycles. The summed E-state index contributed by atoms with van der Waals surface area (Å²) in [5.41, 5.74) is 7.04. The number of carbonyl (C=O) groups excluding carboxylic acids is 1. The molecule has 4 heteroatoms. The van der Waals surface area contributed by atoms with Crippen molar-refractivity contribution in [2.24, 2.45) is 5.73 Å². The number of hydrogen-bond donors (Lipinski definition) is 2. The largest absolute Gasteiger partial charge is 0.462 e. The molecule has 1 rings (SSSR count). The highest BCUT2D eigenvalue weighted by Crippen LogP contribution is 2.11. The van der Waals surface area contributed by atoms with Crippen LogP contribution in [0.1, 0.15) is 30.6 Å². The molecule has 3 N–H and O–H groups in total. The SMILES string of the molecule is CCCOC(=O)c1ccc(NC(C)CN)cc1. The molecule has 0 aliphatic carbocycles. The zero-order valence-electron chi connectivity index (χ0n) is 10.4. The molecule has 4 nitrogen and oxygen atoms in total. The Kier molecular flexibility index (Phi) is 5.49. The minimum absolute atomic E-state index is 0.216. The first-order chi connectivity index (χ1) is 8.17. The second kappa shape index (κ2) is 6.91. The maximum Gasteiger partial charge on any atom is 0.338 e. The summed E-state index contributed by atoms with van der Waals surface area (Å²) in [5, 5.41) is 3.22. The number of nitrogens with two attached hydrogens (primary N) is 1. The second-order valence-electron chi connectivity index (χ2n) is 3.99. The Bertz CT molecular complexity index is 349. The van der Waals surface area contributed by atoms with Crippen LogP contribution in [0.5, 0.6) is 0 Å². The summed E-state index contributed by atoms with van der Waals surface area (Å²) in [6, 6.07) is 7.43. The summed E-state index contributed by atoms with van der Waals surface area (Å²) < 4.78 is 5.04. The quantitative estimate of drug-likeness (QED) is 0.742. The first-order valence-electron chi connectivity index (χ1n) is 5.91. The van der Waals surface area contributed by atoms with E-state index in [0.717, 1.165) is 12.1 Å². The van der Waals surface area contributed by atoms with E-state index in [9.17, 15) is 4.79 Å². The van der Waals surface area contributed by atoms with Gasteiger partial charge in [-0.1, -0.05) is 6.92 Å². The molecule has 1 aromatic carbocycles. The van der Waals surface area contributed by atoms with Crippen molar-refractivity contribution in [1.29, 1.82) is 0 Å². The minimum atomic E-state index is -0.273. The first-order valence-corrected chi connectivity index (χ1v) is 5.91. The average molecular weight is 236 g/mol. The third-order valence-corrected chi connectivity index (χ3v) is 2.32. The van der Waals surface area contributed by atoms with E-state index < -0.39 is 0 Å². The number of ether oxygens (including phenoxy) is 1. The lowest BCUT2D eigenvalue weighted by Gasteiger charge is -2.12. The Balaban J connectivity index is 2.58. The van der Waals surface area contributed by atoms with Crippen molar-refractivity contribution in [3.05, 3.63) is 29.8 Å². The van der Waals surface area contributed by atoms with Gasteiger partial charge in [0.2, 0.25) is 0 Å². The van der Waals surface area contributed by atoms with Gasteiger partial charge in [0.05, 0.1) is 12.2 Å². The highest BCUT2D eigenvalue weighted by atomic mass is 16.5. The van der Waals surface area contributed by atoms with Crippen LogP contribution in [0.4, 0.5) is 5.69 Å². The predicted octanol–water partition coefficient (Wildman–Crippen LogP) is 2.01. The maximum absolute atomic E-state index is 11.5. The van der Waals surface area contributed by atoms with Gasteiger partial charge in [0.1, 0.15) is 0 Å². The van der Waals surface area contributed by atoms with Crippen LogP contribution in [0, 0.1) is 0 Å². The Morgan fingerprint density at radius 3 is 2.59 bits per heavy atom. The molecular formula is C13H20N2O2. The fourth-order valence-electron chi connectivity index (χ4n) is 1.32. The summed E-state index contributed by atoms with van der Waals surface area (Å²) in [4.78, 5) is 11.5. The van der Waals surface area contributed by atoms with Crippen LogP contribution in [0.3, 0.4) is 0 Å². The molecule has 0 fully saturated rings. The van der Waals surface area contributed by atoms with Crippen LogP contribution < -0.4 is 11.1 Å².